The van der Waals surface area contributed by atoms with Crippen LogP contribution in [0, 0.1) is 0 Å². The number of H-pyrrole nitrogens is 1. The standard InChI is InChI=1S/C15H14N4O2S2/c20-15(11-7-17-18-13(11)10-1-5-22-9-10)19-3-4-21-12(8-19)14-16-2-6-23-14/h1-2,5-7,9,12H,3-4,8H2,(H,17,18)/t12-/m1/s1. The van der Waals surface area contributed by atoms with Gasteiger partial charge in [0, 0.05) is 29.1 Å². The van der Waals surface area contributed by atoms with Gasteiger partial charge in [-0.25, -0.2) is 4.98 Å². The first-order valence-corrected chi connectivity index (χ1v) is 9.01. The van der Waals surface area contributed by atoms with E-state index in [-0.39, 0.29) is 12.0 Å². The lowest BCUT2D eigenvalue weighted by Crippen LogP contribution is -2.42. The van der Waals surface area contributed by atoms with Crippen molar-refractivity contribution in [2.45, 2.75) is 6.10 Å². The molecule has 0 saturated carbocycles. The van der Waals surface area contributed by atoms with Gasteiger partial charge in [-0.3, -0.25) is 9.89 Å². The number of hydrogen-bond donors (Lipinski definition) is 1. The summed E-state index contributed by atoms with van der Waals surface area (Å²) in [5.41, 5.74) is 2.36. The van der Waals surface area contributed by atoms with Crippen LogP contribution >= 0.6 is 22.7 Å². The van der Waals surface area contributed by atoms with Crippen LogP contribution in [0.4, 0.5) is 0 Å². The Bertz CT molecular complexity index is 782. The van der Waals surface area contributed by atoms with Crippen LogP contribution in [0.5, 0.6) is 0 Å². The second kappa shape index (κ2) is 6.23. The second-order valence-electron chi connectivity index (χ2n) is 5.15. The predicted molar refractivity (Wildman–Crippen MR) is 88.6 cm³/mol. The van der Waals surface area contributed by atoms with Gasteiger partial charge in [0.2, 0.25) is 0 Å². The smallest absolute Gasteiger partial charge is 0.257 e. The largest absolute Gasteiger partial charge is 0.367 e. The van der Waals surface area contributed by atoms with Gasteiger partial charge >= 0.3 is 0 Å². The monoisotopic (exact) mass is 346 g/mol. The zero-order chi connectivity index (χ0) is 15.6. The highest BCUT2D eigenvalue weighted by Gasteiger charge is 2.29. The van der Waals surface area contributed by atoms with Crippen LogP contribution in [-0.2, 0) is 4.74 Å². The summed E-state index contributed by atoms with van der Waals surface area (Å²) >= 11 is 3.14. The van der Waals surface area contributed by atoms with Gasteiger partial charge in [0.1, 0.15) is 11.1 Å². The van der Waals surface area contributed by atoms with Crippen LogP contribution in [0.1, 0.15) is 21.5 Å². The van der Waals surface area contributed by atoms with E-state index in [1.54, 1.807) is 35.1 Å². The Morgan fingerprint density at radius 2 is 2.39 bits per heavy atom. The van der Waals surface area contributed by atoms with Crippen molar-refractivity contribution in [3.63, 3.8) is 0 Å². The molecule has 0 aliphatic carbocycles. The summed E-state index contributed by atoms with van der Waals surface area (Å²) in [6.07, 6.45) is 3.21. The van der Waals surface area contributed by atoms with Gasteiger partial charge in [0.15, 0.2) is 0 Å². The van der Waals surface area contributed by atoms with Gasteiger partial charge in [-0.1, -0.05) is 0 Å². The number of aromatic nitrogens is 3. The Balaban J connectivity index is 1.56. The number of hydrogen-bond acceptors (Lipinski definition) is 6. The van der Waals surface area contributed by atoms with Crippen LogP contribution in [-0.4, -0.2) is 45.7 Å². The normalized spacial score (nSPS) is 18.3. The molecule has 0 aromatic carbocycles. The SMILES string of the molecule is O=C(c1cn[nH]c1-c1ccsc1)N1CCO[C@@H](c2nccs2)C1. The molecule has 1 aliphatic rings. The van der Waals surface area contributed by atoms with Crippen molar-refractivity contribution in [1.29, 1.82) is 0 Å². The first kappa shape index (κ1) is 14.6. The van der Waals surface area contributed by atoms with Crippen molar-refractivity contribution in [3.05, 3.63) is 45.2 Å². The van der Waals surface area contributed by atoms with Gasteiger partial charge < -0.3 is 9.64 Å². The predicted octanol–water partition coefficient (Wildman–Crippen LogP) is 2.81. The molecule has 1 atom stereocenters. The van der Waals surface area contributed by atoms with Crippen LogP contribution in [0.25, 0.3) is 11.3 Å². The lowest BCUT2D eigenvalue weighted by Gasteiger charge is -2.32. The fourth-order valence-corrected chi connectivity index (χ4v) is 3.95. The third-order valence-electron chi connectivity index (χ3n) is 3.76. The summed E-state index contributed by atoms with van der Waals surface area (Å²) in [6.45, 7) is 1.61. The zero-order valence-corrected chi connectivity index (χ0v) is 13.8. The number of carbonyl (C=O) groups is 1. The van der Waals surface area contributed by atoms with Gasteiger partial charge in [-0.15, -0.1) is 11.3 Å². The summed E-state index contributed by atoms with van der Waals surface area (Å²) in [4.78, 5) is 19.0. The maximum Gasteiger partial charge on any atom is 0.257 e. The van der Waals surface area contributed by atoms with Crippen LogP contribution in [0.2, 0.25) is 0 Å². The molecular formula is C15H14N4O2S2. The van der Waals surface area contributed by atoms with E-state index < -0.39 is 0 Å². The van der Waals surface area contributed by atoms with E-state index in [1.807, 2.05) is 27.1 Å². The molecule has 0 spiro atoms. The Labute approximate surface area is 140 Å². The quantitative estimate of drug-likeness (QED) is 0.792. The number of carbonyl (C=O) groups excluding carboxylic acids is 1. The number of amides is 1. The van der Waals surface area contributed by atoms with E-state index in [0.717, 1.165) is 16.3 Å². The van der Waals surface area contributed by atoms with Crippen molar-refractivity contribution in [3.8, 4) is 11.3 Å². The molecule has 8 heteroatoms. The highest BCUT2D eigenvalue weighted by molar-refractivity contribution is 7.09. The molecule has 3 aromatic heterocycles. The average Bonchev–Trinajstić information content (AvgIpc) is 3.35. The van der Waals surface area contributed by atoms with Gasteiger partial charge in [0.05, 0.1) is 30.6 Å². The summed E-state index contributed by atoms with van der Waals surface area (Å²) in [5, 5.41) is 13.8. The second-order valence-corrected chi connectivity index (χ2v) is 6.86. The molecule has 4 heterocycles. The van der Waals surface area contributed by atoms with Gasteiger partial charge in [0.25, 0.3) is 5.91 Å². The van der Waals surface area contributed by atoms with Gasteiger partial charge in [-0.2, -0.15) is 16.4 Å². The molecule has 0 radical (unpaired) electrons. The lowest BCUT2D eigenvalue weighted by molar-refractivity contribution is -0.0228. The molecule has 118 valence electrons. The number of aromatic amines is 1. The van der Waals surface area contributed by atoms with E-state index in [9.17, 15) is 4.79 Å². The number of rotatable bonds is 3. The summed E-state index contributed by atoms with van der Waals surface area (Å²) in [7, 11) is 0. The van der Waals surface area contributed by atoms with Crippen molar-refractivity contribution in [1.82, 2.24) is 20.1 Å². The molecule has 1 amide bonds. The first-order chi connectivity index (χ1) is 11.3. The average molecular weight is 346 g/mol. The molecule has 6 nitrogen and oxygen atoms in total. The number of morpholine rings is 1. The Kier molecular flexibility index (Phi) is 3.94. The first-order valence-electron chi connectivity index (χ1n) is 7.19. The molecular weight excluding hydrogens is 332 g/mol. The fourth-order valence-electron chi connectivity index (χ4n) is 2.62. The lowest BCUT2D eigenvalue weighted by atomic mass is 10.1. The third-order valence-corrected chi connectivity index (χ3v) is 5.31. The van der Waals surface area contributed by atoms with Crippen LogP contribution in [0.15, 0.2) is 34.6 Å². The Morgan fingerprint density at radius 1 is 1.43 bits per heavy atom. The molecule has 1 fully saturated rings. The fraction of sp³-hybridized carbons (Fsp3) is 0.267. The maximum absolute atomic E-state index is 12.9. The van der Waals surface area contributed by atoms with Crippen molar-refractivity contribution in [2.75, 3.05) is 19.7 Å². The molecule has 3 aromatic rings. The summed E-state index contributed by atoms with van der Waals surface area (Å²) in [6, 6.07) is 1.98. The molecule has 23 heavy (non-hydrogen) atoms. The Hall–Kier alpha value is -2.03. The van der Waals surface area contributed by atoms with E-state index in [0.29, 0.717) is 25.3 Å². The number of thiophene rings is 1. The van der Waals surface area contributed by atoms with Gasteiger partial charge in [-0.05, 0) is 11.4 Å². The van der Waals surface area contributed by atoms with Crippen molar-refractivity contribution < 1.29 is 9.53 Å². The number of ether oxygens (including phenoxy) is 1. The Morgan fingerprint density at radius 3 is 3.17 bits per heavy atom. The number of thiazole rings is 1. The van der Waals surface area contributed by atoms with Crippen LogP contribution in [0.3, 0.4) is 0 Å². The third kappa shape index (κ3) is 2.80. The van der Waals surface area contributed by atoms with Crippen molar-refractivity contribution in [2.24, 2.45) is 0 Å². The van der Waals surface area contributed by atoms with Crippen LogP contribution < -0.4 is 0 Å². The minimum Gasteiger partial charge on any atom is -0.367 e. The molecule has 1 saturated heterocycles. The molecule has 0 bridgehead atoms. The highest BCUT2D eigenvalue weighted by Crippen LogP contribution is 2.28. The minimum absolute atomic E-state index is 0.0233. The zero-order valence-electron chi connectivity index (χ0n) is 12.1. The summed E-state index contributed by atoms with van der Waals surface area (Å²) in [5.74, 6) is -0.0233. The number of nitrogens with one attached hydrogen (secondary N) is 1. The highest BCUT2D eigenvalue weighted by atomic mass is 32.1. The summed E-state index contributed by atoms with van der Waals surface area (Å²) < 4.78 is 5.75. The van der Waals surface area contributed by atoms with E-state index >= 15 is 0 Å². The molecule has 0 unspecified atom stereocenters. The maximum atomic E-state index is 12.9. The van der Waals surface area contributed by atoms with E-state index in [4.69, 9.17) is 4.74 Å². The van der Waals surface area contributed by atoms with E-state index in [1.165, 1.54) is 0 Å². The molecule has 4 rings (SSSR count). The topological polar surface area (TPSA) is 71.1 Å². The van der Waals surface area contributed by atoms with Crippen molar-refractivity contribution >= 4 is 28.6 Å². The number of nitrogens with zero attached hydrogens (tertiary/aromatic N) is 3. The molecule has 1 N–H and O–H groups in total. The van der Waals surface area contributed by atoms with E-state index in [2.05, 4.69) is 15.2 Å². The minimum atomic E-state index is -0.149. The molecule has 1 aliphatic heterocycles.